The van der Waals surface area contributed by atoms with E-state index in [1.54, 1.807) is 0 Å². The van der Waals surface area contributed by atoms with E-state index in [4.69, 9.17) is 0 Å². The van der Waals surface area contributed by atoms with Gasteiger partial charge in [0.25, 0.3) is 0 Å². The first-order valence-corrected chi connectivity index (χ1v) is 4.36. The number of hydrogen-bond acceptors (Lipinski definition) is 1. The molecule has 0 saturated heterocycles. The molecule has 0 heterocycles. The first-order valence-electron chi connectivity index (χ1n) is 4.36. The second-order valence-corrected chi connectivity index (χ2v) is 2.59. The molecule has 0 amide bonds. The highest BCUT2D eigenvalue weighted by Crippen LogP contribution is 2.04. The van der Waals surface area contributed by atoms with Crippen LogP contribution in [0.2, 0.25) is 0 Å². The largest absolute Gasteiger partial charge is 0.294 e. The molecule has 1 nitrogen and oxygen atoms in total. The van der Waals surface area contributed by atoms with Gasteiger partial charge in [-0.3, -0.25) is 4.99 Å². The third kappa shape index (κ3) is 4.54. The van der Waals surface area contributed by atoms with Crippen molar-refractivity contribution in [3.8, 4) is 0 Å². The summed E-state index contributed by atoms with van der Waals surface area (Å²) in [4.78, 5) is 4.43. The number of rotatable bonds is 5. The van der Waals surface area contributed by atoms with Crippen LogP contribution >= 0.6 is 0 Å². The molecular formula is C9H19N. The Morgan fingerprint density at radius 2 is 2.00 bits per heavy atom. The molecule has 0 fully saturated rings. The summed E-state index contributed by atoms with van der Waals surface area (Å²) in [5.74, 6) is 0. The van der Waals surface area contributed by atoms with E-state index < -0.39 is 0 Å². The highest BCUT2D eigenvalue weighted by Gasteiger charge is 1.98. The molecule has 0 aromatic carbocycles. The Bertz CT molecular complexity index is 86.7. The van der Waals surface area contributed by atoms with Crippen molar-refractivity contribution in [1.82, 2.24) is 0 Å². The number of nitrogens with zero attached hydrogens (tertiary/aromatic N) is 1. The fraction of sp³-hybridized carbons (Fsp3) is 0.889. The Balaban J connectivity index is 3.48. The Hall–Kier alpha value is -0.330. The van der Waals surface area contributed by atoms with Gasteiger partial charge in [-0.25, -0.2) is 0 Å². The molecule has 0 radical (unpaired) electrons. The molecule has 1 unspecified atom stereocenters. The lowest BCUT2D eigenvalue weighted by atomic mass is 10.1. The van der Waals surface area contributed by atoms with Gasteiger partial charge >= 0.3 is 0 Å². The van der Waals surface area contributed by atoms with Crippen LogP contribution in [0.4, 0.5) is 0 Å². The van der Waals surface area contributed by atoms with Gasteiger partial charge in [0.2, 0.25) is 0 Å². The van der Waals surface area contributed by atoms with E-state index >= 15 is 0 Å². The van der Waals surface area contributed by atoms with Gasteiger partial charge in [-0.1, -0.05) is 27.2 Å². The molecule has 1 atom stereocenters. The Morgan fingerprint density at radius 1 is 1.30 bits per heavy atom. The van der Waals surface area contributed by atoms with E-state index in [1.165, 1.54) is 19.3 Å². The predicted molar refractivity (Wildman–Crippen MR) is 47.8 cm³/mol. The average molecular weight is 141 g/mol. The Labute approximate surface area is 64.6 Å². The molecular weight excluding hydrogens is 122 g/mol. The summed E-state index contributed by atoms with van der Waals surface area (Å²) in [5.41, 5.74) is 0. The monoisotopic (exact) mass is 141 g/mol. The van der Waals surface area contributed by atoms with E-state index in [9.17, 15) is 0 Å². The van der Waals surface area contributed by atoms with Crippen LogP contribution in [0, 0.1) is 0 Å². The molecule has 0 spiro atoms. The topological polar surface area (TPSA) is 12.4 Å². The summed E-state index contributed by atoms with van der Waals surface area (Å²) in [6.07, 6.45) is 6.78. The predicted octanol–water partition coefficient (Wildman–Crippen LogP) is 3.05. The second kappa shape index (κ2) is 6.79. The zero-order valence-corrected chi connectivity index (χ0v) is 7.43. The summed E-state index contributed by atoms with van der Waals surface area (Å²) in [7, 11) is 0. The van der Waals surface area contributed by atoms with Crippen molar-refractivity contribution in [3.05, 3.63) is 0 Å². The minimum atomic E-state index is 0.588. The summed E-state index contributed by atoms with van der Waals surface area (Å²) in [5, 5.41) is 0. The molecule has 0 saturated carbocycles. The third-order valence-electron chi connectivity index (χ3n) is 1.59. The number of hydrogen-bond donors (Lipinski definition) is 0. The molecule has 1 heteroatoms. The summed E-state index contributed by atoms with van der Waals surface area (Å²) in [6, 6.07) is 0.588. The molecule has 0 aliphatic heterocycles. The van der Waals surface area contributed by atoms with Gasteiger partial charge in [-0.2, -0.15) is 0 Å². The molecule has 0 bridgehead atoms. The van der Waals surface area contributed by atoms with E-state index in [-0.39, 0.29) is 0 Å². The minimum absolute atomic E-state index is 0.588. The van der Waals surface area contributed by atoms with E-state index in [0.29, 0.717) is 6.04 Å². The van der Waals surface area contributed by atoms with Crippen molar-refractivity contribution in [3.63, 3.8) is 0 Å². The van der Waals surface area contributed by atoms with Gasteiger partial charge in [0.05, 0.1) is 0 Å². The lowest BCUT2D eigenvalue weighted by Gasteiger charge is -2.05. The van der Waals surface area contributed by atoms with Gasteiger partial charge in [0.15, 0.2) is 0 Å². The van der Waals surface area contributed by atoms with Gasteiger partial charge in [0.1, 0.15) is 0 Å². The average Bonchev–Trinajstić information content (AvgIpc) is 1.98. The van der Waals surface area contributed by atoms with Crippen molar-refractivity contribution in [1.29, 1.82) is 0 Å². The van der Waals surface area contributed by atoms with Crippen LogP contribution in [0.5, 0.6) is 0 Å². The molecule has 0 aromatic rings. The van der Waals surface area contributed by atoms with E-state index in [2.05, 4.69) is 25.8 Å². The van der Waals surface area contributed by atoms with Gasteiger partial charge in [-0.15, -0.1) is 0 Å². The lowest BCUT2D eigenvalue weighted by molar-refractivity contribution is 0.590. The quantitative estimate of drug-likeness (QED) is 0.522. The first-order chi connectivity index (χ1) is 4.85. The van der Waals surface area contributed by atoms with E-state index in [1.807, 2.05) is 6.21 Å². The van der Waals surface area contributed by atoms with Crippen LogP contribution in [-0.4, -0.2) is 12.3 Å². The van der Waals surface area contributed by atoms with Gasteiger partial charge in [0, 0.05) is 6.04 Å². The zero-order valence-electron chi connectivity index (χ0n) is 7.43. The standard InChI is InChI=1S/C9H19N/c1-4-7-9(6-3)10-8-5-2/h8-9H,4-7H2,1-3H3. The first kappa shape index (κ1) is 9.67. The van der Waals surface area contributed by atoms with Crippen molar-refractivity contribution < 1.29 is 0 Å². The van der Waals surface area contributed by atoms with Crippen LogP contribution in [-0.2, 0) is 0 Å². The summed E-state index contributed by atoms with van der Waals surface area (Å²) in [6.45, 7) is 6.54. The van der Waals surface area contributed by atoms with Crippen molar-refractivity contribution in [2.45, 2.75) is 52.5 Å². The van der Waals surface area contributed by atoms with Crippen LogP contribution < -0.4 is 0 Å². The molecule has 0 rings (SSSR count). The second-order valence-electron chi connectivity index (χ2n) is 2.59. The molecule has 0 aliphatic rings. The normalized spacial score (nSPS) is 14.3. The Kier molecular flexibility index (Phi) is 6.56. The van der Waals surface area contributed by atoms with Crippen molar-refractivity contribution >= 4 is 6.21 Å². The smallest absolute Gasteiger partial charge is 0.0493 e. The molecule has 0 N–H and O–H groups in total. The summed E-state index contributed by atoms with van der Waals surface area (Å²) < 4.78 is 0. The van der Waals surface area contributed by atoms with Gasteiger partial charge in [-0.05, 0) is 25.5 Å². The molecule has 0 aromatic heterocycles. The van der Waals surface area contributed by atoms with Crippen molar-refractivity contribution in [2.24, 2.45) is 4.99 Å². The van der Waals surface area contributed by atoms with Crippen LogP contribution in [0.15, 0.2) is 4.99 Å². The Morgan fingerprint density at radius 3 is 2.40 bits per heavy atom. The molecule has 10 heavy (non-hydrogen) atoms. The fourth-order valence-corrected chi connectivity index (χ4v) is 0.972. The minimum Gasteiger partial charge on any atom is -0.294 e. The van der Waals surface area contributed by atoms with Crippen molar-refractivity contribution in [2.75, 3.05) is 0 Å². The van der Waals surface area contributed by atoms with E-state index in [0.717, 1.165) is 6.42 Å². The summed E-state index contributed by atoms with van der Waals surface area (Å²) >= 11 is 0. The highest BCUT2D eigenvalue weighted by atomic mass is 14.8. The lowest BCUT2D eigenvalue weighted by Crippen LogP contribution is -2.01. The maximum Gasteiger partial charge on any atom is 0.0493 e. The SMILES string of the molecule is CCC=NC(CC)CCC. The fourth-order valence-electron chi connectivity index (χ4n) is 0.972. The van der Waals surface area contributed by atoms with Crippen LogP contribution in [0.25, 0.3) is 0 Å². The maximum absolute atomic E-state index is 4.43. The molecule has 60 valence electrons. The van der Waals surface area contributed by atoms with Gasteiger partial charge < -0.3 is 0 Å². The zero-order chi connectivity index (χ0) is 7.82. The van der Waals surface area contributed by atoms with Crippen LogP contribution in [0.3, 0.4) is 0 Å². The maximum atomic E-state index is 4.43. The highest BCUT2D eigenvalue weighted by molar-refractivity contribution is 5.56. The van der Waals surface area contributed by atoms with Crippen LogP contribution in [0.1, 0.15) is 46.5 Å². The third-order valence-corrected chi connectivity index (χ3v) is 1.59. The number of aliphatic imine (C=N–C) groups is 1. The molecule has 0 aliphatic carbocycles.